The van der Waals surface area contributed by atoms with E-state index in [-0.39, 0.29) is 5.56 Å². The molecule has 0 saturated carbocycles. The van der Waals surface area contributed by atoms with E-state index >= 15 is 0 Å². The van der Waals surface area contributed by atoms with E-state index in [9.17, 15) is 4.79 Å². The van der Waals surface area contributed by atoms with Gasteiger partial charge in [-0.3, -0.25) is 9.36 Å². The molecule has 0 spiro atoms. The molecule has 0 amide bonds. The van der Waals surface area contributed by atoms with Crippen LogP contribution in [0.1, 0.15) is 23.3 Å². The van der Waals surface area contributed by atoms with E-state index in [1.807, 2.05) is 73.0 Å². The Labute approximate surface area is 155 Å². The van der Waals surface area contributed by atoms with Gasteiger partial charge in [0.2, 0.25) is 0 Å². The molecule has 0 unspecified atom stereocenters. The highest BCUT2D eigenvalue weighted by atomic mass is 32.1. The molecule has 0 radical (unpaired) electrons. The summed E-state index contributed by atoms with van der Waals surface area (Å²) in [7, 11) is 0. The van der Waals surface area contributed by atoms with E-state index in [0.717, 1.165) is 27.6 Å². The molecule has 128 valence electrons. The summed E-state index contributed by atoms with van der Waals surface area (Å²) >= 11 is 1.56. The van der Waals surface area contributed by atoms with Gasteiger partial charge in [-0.15, -0.1) is 11.3 Å². The van der Waals surface area contributed by atoms with E-state index in [1.54, 1.807) is 22.1 Å². The number of fused-ring (bicyclic) bond motifs is 1. The van der Waals surface area contributed by atoms with Gasteiger partial charge in [0.25, 0.3) is 5.56 Å². The van der Waals surface area contributed by atoms with Crippen LogP contribution in [0.5, 0.6) is 0 Å². The highest BCUT2D eigenvalue weighted by Crippen LogP contribution is 2.19. The third-order valence-electron chi connectivity index (χ3n) is 4.19. The number of para-hydroxylation sites is 1. The van der Waals surface area contributed by atoms with E-state index < -0.39 is 0 Å². The number of rotatable bonds is 4. The Morgan fingerprint density at radius 2 is 1.92 bits per heavy atom. The molecule has 26 heavy (non-hydrogen) atoms. The predicted octanol–water partition coefficient (Wildman–Crippen LogP) is 4.58. The number of aryl methyl sites for hydroxylation is 1. The molecule has 2 heterocycles. The van der Waals surface area contributed by atoms with Crippen molar-refractivity contribution in [2.24, 2.45) is 0 Å². The Kier molecular flexibility index (Phi) is 4.46. The van der Waals surface area contributed by atoms with E-state index in [1.165, 1.54) is 0 Å². The Morgan fingerprint density at radius 3 is 2.65 bits per heavy atom. The number of thiazole rings is 1. The van der Waals surface area contributed by atoms with Crippen LogP contribution in [0.3, 0.4) is 0 Å². The van der Waals surface area contributed by atoms with Gasteiger partial charge < -0.3 is 0 Å². The van der Waals surface area contributed by atoms with Crippen molar-refractivity contribution in [1.82, 2.24) is 14.5 Å². The molecule has 0 bridgehead atoms. The van der Waals surface area contributed by atoms with Gasteiger partial charge in [-0.05, 0) is 29.8 Å². The zero-order valence-electron chi connectivity index (χ0n) is 14.3. The van der Waals surface area contributed by atoms with E-state index in [0.29, 0.717) is 11.8 Å². The molecule has 0 fully saturated rings. The maximum atomic E-state index is 13.4. The topological polar surface area (TPSA) is 47.8 Å². The van der Waals surface area contributed by atoms with Gasteiger partial charge in [-0.1, -0.05) is 43.3 Å². The molecule has 0 aliphatic carbocycles. The lowest BCUT2D eigenvalue weighted by atomic mass is 10.1. The van der Waals surface area contributed by atoms with Crippen molar-refractivity contribution in [3.63, 3.8) is 0 Å². The molecule has 4 nitrogen and oxygen atoms in total. The van der Waals surface area contributed by atoms with Crippen molar-refractivity contribution in [2.45, 2.75) is 13.3 Å². The Bertz CT molecular complexity index is 1130. The second-order valence-corrected chi connectivity index (χ2v) is 6.73. The second-order valence-electron chi connectivity index (χ2n) is 5.80. The van der Waals surface area contributed by atoms with Gasteiger partial charge >= 0.3 is 0 Å². The normalized spacial score (nSPS) is 11.4. The first-order valence-corrected chi connectivity index (χ1v) is 9.33. The van der Waals surface area contributed by atoms with Gasteiger partial charge in [-0.2, -0.15) is 0 Å². The number of hydrogen-bond donors (Lipinski definition) is 0. The minimum absolute atomic E-state index is 0.0440. The van der Waals surface area contributed by atoms with Crippen LogP contribution in [0.25, 0.3) is 28.7 Å². The van der Waals surface area contributed by atoms with E-state index in [4.69, 9.17) is 4.98 Å². The number of hydrogen-bond acceptors (Lipinski definition) is 4. The monoisotopic (exact) mass is 359 g/mol. The van der Waals surface area contributed by atoms with Gasteiger partial charge in [0, 0.05) is 18.0 Å². The summed E-state index contributed by atoms with van der Waals surface area (Å²) in [4.78, 5) is 22.4. The Balaban J connectivity index is 1.97. The first-order chi connectivity index (χ1) is 12.8. The molecule has 5 heteroatoms. The third-order valence-corrected chi connectivity index (χ3v) is 4.93. The molecule has 0 aliphatic rings. The first-order valence-electron chi connectivity index (χ1n) is 8.45. The fourth-order valence-electron chi connectivity index (χ4n) is 3.00. The summed E-state index contributed by atoms with van der Waals surface area (Å²) in [6.45, 7) is 2.01. The van der Waals surface area contributed by atoms with Gasteiger partial charge in [-0.25, -0.2) is 9.97 Å². The molecule has 4 rings (SSSR count). The fourth-order valence-corrected chi connectivity index (χ4v) is 3.53. The van der Waals surface area contributed by atoms with Crippen LogP contribution in [0.2, 0.25) is 0 Å². The predicted molar refractivity (Wildman–Crippen MR) is 108 cm³/mol. The van der Waals surface area contributed by atoms with Crippen LogP contribution in [-0.2, 0) is 6.42 Å². The average molecular weight is 359 g/mol. The highest BCUT2D eigenvalue weighted by molar-refractivity contribution is 7.10. The van der Waals surface area contributed by atoms with Gasteiger partial charge in [0.1, 0.15) is 10.8 Å². The summed E-state index contributed by atoms with van der Waals surface area (Å²) in [6.07, 6.45) is 6.31. The van der Waals surface area contributed by atoms with Gasteiger partial charge in [0.05, 0.1) is 16.6 Å². The van der Waals surface area contributed by atoms with Crippen molar-refractivity contribution in [1.29, 1.82) is 0 Å². The fraction of sp³-hybridized carbons (Fsp3) is 0.0952. The summed E-state index contributed by atoms with van der Waals surface area (Å²) < 4.78 is 1.71. The third kappa shape index (κ3) is 2.97. The molecule has 0 aliphatic heterocycles. The molecule has 2 aromatic heterocycles. The molecule has 0 N–H and O–H groups in total. The summed E-state index contributed by atoms with van der Waals surface area (Å²) in [6, 6.07) is 15.4. The van der Waals surface area contributed by atoms with Crippen LogP contribution in [-0.4, -0.2) is 14.5 Å². The molecule has 4 aromatic rings. The lowest BCUT2D eigenvalue weighted by Gasteiger charge is -2.13. The highest BCUT2D eigenvalue weighted by Gasteiger charge is 2.13. The van der Waals surface area contributed by atoms with Crippen LogP contribution in [0, 0.1) is 0 Å². The Hall–Kier alpha value is -3.05. The number of aromatic nitrogens is 3. The quantitative estimate of drug-likeness (QED) is 0.536. The Morgan fingerprint density at radius 1 is 1.08 bits per heavy atom. The van der Waals surface area contributed by atoms with Crippen molar-refractivity contribution in [3.8, 4) is 5.69 Å². The standard InChI is InChI=1S/C21H17N3OS/c1-2-18-23-17-10-6-7-15(11-12-19-22-13-14-26-19)20(17)21(25)24(18)16-8-4-3-5-9-16/h3-14H,2H2,1H3/b12-11+. The lowest BCUT2D eigenvalue weighted by molar-refractivity contribution is 0.833. The van der Waals surface area contributed by atoms with Crippen LogP contribution in [0.4, 0.5) is 0 Å². The van der Waals surface area contributed by atoms with Crippen molar-refractivity contribution < 1.29 is 0 Å². The molecular weight excluding hydrogens is 342 g/mol. The largest absolute Gasteiger partial charge is 0.268 e. The van der Waals surface area contributed by atoms with Crippen molar-refractivity contribution in [3.05, 3.63) is 86.9 Å². The van der Waals surface area contributed by atoms with Crippen LogP contribution < -0.4 is 5.56 Å². The lowest BCUT2D eigenvalue weighted by Crippen LogP contribution is -2.24. The summed E-state index contributed by atoms with van der Waals surface area (Å²) in [5.41, 5.74) is 2.36. The molecule has 0 atom stereocenters. The number of benzene rings is 2. The molecule has 2 aromatic carbocycles. The summed E-state index contributed by atoms with van der Waals surface area (Å²) in [5.74, 6) is 0.759. The van der Waals surface area contributed by atoms with Gasteiger partial charge in [0.15, 0.2) is 0 Å². The molecular formula is C21H17N3OS. The minimum atomic E-state index is -0.0440. The number of nitrogens with zero attached hydrogens (tertiary/aromatic N) is 3. The van der Waals surface area contributed by atoms with E-state index in [2.05, 4.69) is 4.98 Å². The SMILES string of the molecule is CCc1nc2cccc(/C=C/c3nccs3)c2c(=O)n1-c1ccccc1. The maximum absolute atomic E-state index is 13.4. The average Bonchev–Trinajstić information content (AvgIpc) is 3.20. The maximum Gasteiger partial charge on any atom is 0.266 e. The zero-order valence-corrected chi connectivity index (χ0v) is 15.1. The van der Waals surface area contributed by atoms with Crippen LogP contribution >= 0.6 is 11.3 Å². The van der Waals surface area contributed by atoms with Crippen LogP contribution in [0.15, 0.2) is 64.9 Å². The van der Waals surface area contributed by atoms with Crippen molar-refractivity contribution in [2.75, 3.05) is 0 Å². The smallest absolute Gasteiger partial charge is 0.266 e. The zero-order chi connectivity index (χ0) is 17.9. The first kappa shape index (κ1) is 16.4. The summed E-state index contributed by atoms with van der Waals surface area (Å²) in [5, 5.41) is 3.46. The minimum Gasteiger partial charge on any atom is -0.268 e. The van der Waals surface area contributed by atoms with Crippen molar-refractivity contribution >= 4 is 34.4 Å². The second kappa shape index (κ2) is 7.06. The molecule has 0 saturated heterocycles.